The molecule has 0 aliphatic rings. The zero-order chi connectivity index (χ0) is 15.0. The first-order valence-electron chi connectivity index (χ1n) is 6.26. The van der Waals surface area contributed by atoms with Gasteiger partial charge >= 0.3 is 11.1 Å². The van der Waals surface area contributed by atoms with Crippen LogP contribution < -0.4 is 16.4 Å². The second-order valence-corrected chi connectivity index (χ2v) is 5.92. The van der Waals surface area contributed by atoms with Gasteiger partial charge in [-0.25, -0.2) is 0 Å². The van der Waals surface area contributed by atoms with Gasteiger partial charge in [-0.3, -0.25) is 9.59 Å². The van der Waals surface area contributed by atoms with Gasteiger partial charge in [-0.15, -0.1) is 11.3 Å². The monoisotopic (exact) mass is 321 g/mol. The Hall–Kier alpha value is -1.89. The minimum Gasteiger partial charge on any atom is -0.316 e. The zero-order valence-corrected chi connectivity index (χ0v) is 12.6. The molecule has 1 atom stereocenters. The van der Waals surface area contributed by atoms with Gasteiger partial charge in [0.05, 0.1) is 22.1 Å². The van der Waals surface area contributed by atoms with Gasteiger partial charge in [0.25, 0.3) is 0 Å². The number of aromatic nitrogens is 2. The minimum absolute atomic E-state index is 0.0719. The molecule has 5 nitrogen and oxygen atoms in total. The van der Waals surface area contributed by atoms with Gasteiger partial charge in [-0.1, -0.05) is 17.7 Å². The lowest BCUT2D eigenvalue weighted by Crippen LogP contribution is -2.29. The lowest BCUT2D eigenvalue weighted by molar-refractivity contribution is 0.704. The summed E-state index contributed by atoms with van der Waals surface area (Å²) in [6.45, 7) is 0. The summed E-state index contributed by atoms with van der Waals surface area (Å²) >= 11 is 7.76. The predicted molar refractivity (Wildman–Crippen MR) is 85.4 cm³/mol. The number of hydrogen-bond acceptors (Lipinski definition) is 4. The summed E-state index contributed by atoms with van der Waals surface area (Å²) in [5, 5.41) is 5.85. The van der Waals surface area contributed by atoms with E-state index in [1.165, 1.54) is 0 Å². The highest BCUT2D eigenvalue weighted by atomic mass is 35.5. The van der Waals surface area contributed by atoms with Crippen LogP contribution in [0.15, 0.2) is 39.2 Å². The van der Waals surface area contributed by atoms with E-state index in [9.17, 15) is 9.59 Å². The van der Waals surface area contributed by atoms with Crippen molar-refractivity contribution in [2.45, 2.75) is 6.04 Å². The van der Waals surface area contributed by atoms with E-state index >= 15 is 0 Å². The molecule has 2 heterocycles. The van der Waals surface area contributed by atoms with Crippen LogP contribution in [0.2, 0.25) is 5.02 Å². The molecule has 7 heteroatoms. The average Bonchev–Trinajstić information content (AvgIpc) is 2.88. The average molecular weight is 322 g/mol. The fourth-order valence-corrected chi connectivity index (χ4v) is 3.57. The van der Waals surface area contributed by atoms with Crippen LogP contribution in [0.1, 0.15) is 16.5 Å². The van der Waals surface area contributed by atoms with Crippen molar-refractivity contribution in [2.24, 2.45) is 0 Å². The number of aromatic amines is 2. The highest BCUT2D eigenvalue weighted by molar-refractivity contribution is 7.10. The second-order valence-electron chi connectivity index (χ2n) is 4.57. The Morgan fingerprint density at radius 2 is 1.86 bits per heavy atom. The molecule has 21 heavy (non-hydrogen) atoms. The molecule has 1 aromatic carbocycles. The van der Waals surface area contributed by atoms with Crippen LogP contribution in [-0.4, -0.2) is 17.0 Å². The number of rotatable bonds is 3. The van der Waals surface area contributed by atoms with E-state index in [1.807, 2.05) is 30.6 Å². The molecule has 0 saturated carbocycles. The normalized spacial score (nSPS) is 12.7. The number of H-pyrrole nitrogens is 2. The maximum Gasteiger partial charge on any atom is 0.314 e. The Kier molecular flexibility index (Phi) is 3.67. The Bertz CT molecular complexity index is 912. The van der Waals surface area contributed by atoms with Crippen LogP contribution in [0, 0.1) is 0 Å². The molecule has 0 bridgehead atoms. The van der Waals surface area contributed by atoms with Gasteiger partial charge < -0.3 is 15.3 Å². The van der Waals surface area contributed by atoms with Gasteiger partial charge in [0, 0.05) is 4.88 Å². The molecule has 108 valence electrons. The molecule has 3 aromatic rings. The van der Waals surface area contributed by atoms with Crippen molar-refractivity contribution in [3.05, 3.63) is 65.8 Å². The Morgan fingerprint density at radius 1 is 1.14 bits per heavy atom. The maximum absolute atomic E-state index is 11.4. The van der Waals surface area contributed by atoms with Crippen LogP contribution in [0.4, 0.5) is 0 Å². The summed E-state index contributed by atoms with van der Waals surface area (Å²) in [7, 11) is 1.85. The number of thiophene rings is 1. The number of hydrogen-bond donors (Lipinski definition) is 3. The molecule has 0 spiro atoms. The van der Waals surface area contributed by atoms with Crippen molar-refractivity contribution >= 4 is 34.0 Å². The summed E-state index contributed by atoms with van der Waals surface area (Å²) in [6.07, 6.45) is 0. The van der Waals surface area contributed by atoms with Crippen molar-refractivity contribution in [3.63, 3.8) is 0 Å². The van der Waals surface area contributed by atoms with E-state index in [0.717, 1.165) is 10.4 Å². The highest BCUT2D eigenvalue weighted by Gasteiger charge is 2.17. The van der Waals surface area contributed by atoms with Gasteiger partial charge in [0.1, 0.15) is 0 Å². The van der Waals surface area contributed by atoms with Crippen LogP contribution in [-0.2, 0) is 0 Å². The minimum atomic E-state index is -0.658. The van der Waals surface area contributed by atoms with E-state index < -0.39 is 11.1 Å². The van der Waals surface area contributed by atoms with Crippen molar-refractivity contribution in [2.75, 3.05) is 7.05 Å². The van der Waals surface area contributed by atoms with Crippen molar-refractivity contribution in [1.82, 2.24) is 15.3 Å². The quantitative estimate of drug-likeness (QED) is 0.647. The first kappa shape index (κ1) is 14.1. The fraction of sp³-hybridized carbons (Fsp3) is 0.143. The molecule has 3 N–H and O–H groups in total. The number of nitrogens with one attached hydrogen (secondary N) is 3. The molecule has 0 fully saturated rings. The molecule has 0 saturated heterocycles. The van der Waals surface area contributed by atoms with Crippen molar-refractivity contribution in [3.8, 4) is 0 Å². The first-order valence-corrected chi connectivity index (χ1v) is 7.52. The predicted octanol–water partition coefficient (Wildman–Crippen LogP) is 2.24. The Morgan fingerprint density at radius 3 is 2.48 bits per heavy atom. The molecule has 0 amide bonds. The molecule has 2 aromatic heterocycles. The largest absolute Gasteiger partial charge is 0.316 e. The molecule has 3 rings (SSSR count). The standard InChI is InChI=1S/C14H12ClN3O2S/c1-16-11(12-8(15)4-5-21-12)7-2-3-9-10(6-7)18-14(20)13(19)17-9/h2-6,11,16H,1H3,(H,17,19)(H,18,20). The lowest BCUT2D eigenvalue weighted by atomic mass is 10.0. The summed E-state index contributed by atoms with van der Waals surface area (Å²) in [4.78, 5) is 28.9. The van der Waals surface area contributed by atoms with Gasteiger partial charge in [-0.2, -0.15) is 0 Å². The lowest BCUT2D eigenvalue weighted by Gasteiger charge is -2.16. The first-order chi connectivity index (χ1) is 10.1. The number of halogens is 1. The third kappa shape index (κ3) is 2.53. The molecule has 0 aliphatic carbocycles. The van der Waals surface area contributed by atoms with Crippen LogP contribution in [0.3, 0.4) is 0 Å². The summed E-state index contributed by atoms with van der Waals surface area (Å²) in [6, 6.07) is 7.29. The van der Waals surface area contributed by atoms with Crippen molar-refractivity contribution in [1.29, 1.82) is 0 Å². The van der Waals surface area contributed by atoms with E-state index in [-0.39, 0.29) is 6.04 Å². The van der Waals surface area contributed by atoms with Gasteiger partial charge in [-0.05, 0) is 36.2 Å². The van der Waals surface area contributed by atoms with E-state index in [1.54, 1.807) is 17.4 Å². The van der Waals surface area contributed by atoms with E-state index in [4.69, 9.17) is 11.6 Å². The maximum atomic E-state index is 11.4. The number of benzene rings is 1. The molecule has 1 unspecified atom stereocenters. The summed E-state index contributed by atoms with van der Waals surface area (Å²) in [5.41, 5.74) is 0.828. The fourth-order valence-electron chi connectivity index (χ4n) is 2.27. The van der Waals surface area contributed by atoms with Gasteiger partial charge in [0.2, 0.25) is 0 Å². The third-order valence-corrected chi connectivity index (χ3v) is 4.70. The van der Waals surface area contributed by atoms with Crippen LogP contribution >= 0.6 is 22.9 Å². The Balaban J connectivity index is 2.15. The zero-order valence-electron chi connectivity index (χ0n) is 11.1. The molecular formula is C14H12ClN3O2S. The number of fused-ring (bicyclic) bond motifs is 1. The Labute approximate surface area is 128 Å². The molecule has 0 aliphatic heterocycles. The van der Waals surface area contributed by atoms with Crippen molar-refractivity contribution < 1.29 is 0 Å². The molecule has 0 radical (unpaired) electrons. The summed E-state index contributed by atoms with van der Waals surface area (Å²) < 4.78 is 0. The highest BCUT2D eigenvalue weighted by Crippen LogP contribution is 2.33. The van der Waals surface area contributed by atoms with E-state index in [0.29, 0.717) is 16.1 Å². The van der Waals surface area contributed by atoms with Crippen LogP contribution in [0.5, 0.6) is 0 Å². The van der Waals surface area contributed by atoms with E-state index in [2.05, 4.69) is 15.3 Å². The summed E-state index contributed by atoms with van der Waals surface area (Å²) in [5.74, 6) is 0. The third-order valence-electron chi connectivity index (χ3n) is 3.28. The topological polar surface area (TPSA) is 77.8 Å². The SMILES string of the molecule is CNC(c1ccc2[nH]c(=O)c(=O)[nH]c2c1)c1sccc1Cl. The molecular weight excluding hydrogens is 310 g/mol. The van der Waals surface area contributed by atoms with Crippen LogP contribution in [0.25, 0.3) is 11.0 Å². The second kappa shape index (κ2) is 5.48. The van der Waals surface area contributed by atoms with Gasteiger partial charge in [0.15, 0.2) is 0 Å². The smallest absolute Gasteiger partial charge is 0.314 e.